The highest BCUT2D eigenvalue weighted by Crippen LogP contribution is 2.34. The first-order valence-corrected chi connectivity index (χ1v) is 14.4. The second-order valence-electron chi connectivity index (χ2n) is 10.6. The van der Waals surface area contributed by atoms with Crippen LogP contribution in [0.15, 0.2) is 65.9 Å². The number of piperidine rings is 1. The van der Waals surface area contributed by atoms with Crippen molar-refractivity contribution in [3.8, 4) is 0 Å². The normalized spacial score (nSPS) is 19.9. The van der Waals surface area contributed by atoms with Crippen molar-refractivity contribution in [2.24, 2.45) is 4.99 Å². The minimum absolute atomic E-state index is 0.0912. The van der Waals surface area contributed by atoms with Crippen LogP contribution in [0.3, 0.4) is 0 Å². The molecule has 0 spiro atoms. The van der Waals surface area contributed by atoms with Gasteiger partial charge in [-0.2, -0.15) is 4.99 Å². The average Bonchev–Trinajstić information content (AvgIpc) is 3.37. The molecule has 40 heavy (non-hydrogen) atoms. The molecular formula is C31H37ClN6O2. The smallest absolute Gasteiger partial charge is 0.293 e. The zero-order valence-corrected chi connectivity index (χ0v) is 24.1. The van der Waals surface area contributed by atoms with E-state index in [9.17, 15) is 4.79 Å². The zero-order chi connectivity index (χ0) is 28.1. The fourth-order valence-electron chi connectivity index (χ4n) is 5.80. The molecule has 8 nitrogen and oxygen atoms in total. The first kappa shape index (κ1) is 28.1. The number of likely N-dealkylation sites (tertiary alicyclic amines) is 1. The van der Waals surface area contributed by atoms with Crippen molar-refractivity contribution in [1.29, 1.82) is 0 Å². The number of halogens is 1. The van der Waals surface area contributed by atoms with E-state index in [1.165, 1.54) is 5.56 Å². The van der Waals surface area contributed by atoms with Crippen LogP contribution in [0.2, 0.25) is 5.15 Å². The van der Waals surface area contributed by atoms with Gasteiger partial charge in [0.05, 0.1) is 29.2 Å². The Labute approximate surface area is 241 Å². The molecule has 5 rings (SSSR count). The SMILES string of the molecule is Cc1cc(Cl)nc(C)c1C(=O)NCCC(C)N1CCC(N2C(=Nc3cccnc3)OC[C@H]2c2ccccc2)CC1. The Bertz CT molecular complexity index is 1310. The van der Waals surface area contributed by atoms with Crippen LogP contribution in [0, 0.1) is 13.8 Å². The lowest BCUT2D eigenvalue weighted by Crippen LogP contribution is -2.49. The van der Waals surface area contributed by atoms with Gasteiger partial charge in [0.15, 0.2) is 0 Å². The number of ether oxygens (including phenoxy) is 1. The number of carbonyl (C=O) groups excluding carboxylic acids is 1. The summed E-state index contributed by atoms with van der Waals surface area (Å²) in [6.07, 6.45) is 6.43. The molecule has 1 aromatic carbocycles. The topological polar surface area (TPSA) is 83.0 Å². The Morgan fingerprint density at radius 3 is 2.65 bits per heavy atom. The number of carbonyl (C=O) groups is 1. The number of benzene rings is 1. The van der Waals surface area contributed by atoms with Gasteiger partial charge in [-0.3, -0.25) is 9.78 Å². The molecule has 0 aliphatic carbocycles. The van der Waals surface area contributed by atoms with Gasteiger partial charge in [0.25, 0.3) is 11.9 Å². The summed E-state index contributed by atoms with van der Waals surface area (Å²) in [5.74, 6) is -0.0912. The molecule has 4 heterocycles. The molecule has 2 aliphatic rings. The van der Waals surface area contributed by atoms with Gasteiger partial charge in [-0.05, 0) is 69.4 Å². The summed E-state index contributed by atoms with van der Waals surface area (Å²) in [6.45, 7) is 9.12. The van der Waals surface area contributed by atoms with Gasteiger partial charge in [0, 0.05) is 37.9 Å². The van der Waals surface area contributed by atoms with Gasteiger partial charge < -0.3 is 19.9 Å². The van der Waals surface area contributed by atoms with Crippen molar-refractivity contribution >= 4 is 29.2 Å². The number of nitrogens with zero attached hydrogens (tertiary/aromatic N) is 5. The number of nitrogens with one attached hydrogen (secondary N) is 1. The maximum absolute atomic E-state index is 12.8. The molecular weight excluding hydrogens is 524 g/mol. The van der Waals surface area contributed by atoms with E-state index in [0.717, 1.165) is 43.6 Å². The lowest BCUT2D eigenvalue weighted by atomic mass is 9.98. The Balaban J connectivity index is 1.19. The summed E-state index contributed by atoms with van der Waals surface area (Å²) in [4.78, 5) is 31.0. The van der Waals surface area contributed by atoms with Crippen molar-refractivity contribution in [2.75, 3.05) is 26.2 Å². The molecule has 1 amide bonds. The van der Waals surface area contributed by atoms with Gasteiger partial charge in [0.1, 0.15) is 11.8 Å². The first-order valence-electron chi connectivity index (χ1n) is 14.0. The lowest BCUT2D eigenvalue weighted by Gasteiger charge is -2.41. The third-order valence-electron chi connectivity index (χ3n) is 7.94. The van der Waals surface area contributed by atoms with Crippen molar-refractivity contribution in [3.63, 3.8) is 0 Å². The summed E-state index contributed by atoms with van der Waals surface area (Å²) >= 11 is 6.03. The Morgan fingerprint density at radius 1 is 1.18 bits per heavy atom. The number of aryl methyl sites for hydroxylation is 2. The molecule has 2 aromatic heterocycles. The van der Waals surface area contributed by atoms with E-state index >= 15 is 0 Å². The van der Waals surface area contributed by atoms with Crippen molar-refractivity contribution < 1.29 is 9.53 Å². The summed E-state index contributed by atoms with van der Waals surface area (Å²) < 4.78 is 6.18. The van der Waals surface area contributed by atoms with E-state index in [4.69, 9.17) is 21.3 Å². The summed E-state index contributed by atoms with van der Waals surface area (Å²) in [7, 11) is 0. The third kappa shape index (κ3) is 6.45. The van der Waals surface area contributed by atoms with Gasteiger partial charge in [-0.25, -0.2) is 4.98 Å². The van der Waals surface area contributed by atoms with Gasteiger partial charge in [0.2, 0.25) is 0 Å². The van der Waals surface area contributed by atoms with E-state index in [1.807, 2.05) is 32.0 Å². The van der Waals surface area contributed by atoms with Crippen LogP contribution in [-0.2, 0) is 4.74 Å². The first-order chi connectivity index (χ1) is 19.4. The number of amidine groups is 1. The van der Waals surface area contributed by atoms with Gasteiger partial charge in [-0.1, -0.05) is 41.9 Å². The average molecular weight is 561 g/mol. The molecule has 0 bridgehead atoms. The van der Waals surface area contributed by atoms with E-state index < -0.39 is 0 Å². The predicted molar refractivity (Wildman–Crippen MR) is 158 cm³/mol. The molecule has 0 radical (unpaired) electrons. The van der Waals surface area contributed by atoms with Crippen LogP contribution in [-0.4, -0.2) is 70.0 Å². The predicted octanol–water partition coefficient (Wildman–Crippen LogP) is 5.48. The molecule has 2 atom stereocenters. The summed E-state index contributed by atoms with van der Waals surface area (Å²) in [5.41, 5.74) is 4.15. The Morgan fingerprint density at radius 2 is 1.95 bits per heavy atom. The number of hydrogen-bond acceptors (Lipinski definition) is 6. The van der Waals surface area contributed by atoms with Crippen molar-refractivity contribution in [3.05, 3.63) is 88.5 Å². The Hall–Kier alpha value is -3.49. The number of aliphatic imine (C=N–C) groups is 1. The van der Waals surface area contributed by atoms with Crippen LogP contribution in [0.25, 0.3) is 0 Å². The largest absolute Gasteiger partial charge is 0.462 e. The number of pyridine rings is 2. The molecule has 0 saturated carbocycles. The van der Waals surface area contributed by atoms with Crippen molar-refractivity contribution in [2.45, 2.75) is 58.2 Å². The molecule has 1 N–H and O–H groups in total. The van der Waals surface area contributed by atoms with E-state index in [2.05, 4.69) is 56.3 Å². The van der Waals surface area contributed by atoms with Crippen LogP contribution in [0.4, 0.5) is 5.69 Å². The molecule has 2 fully saturated rings. The van der Waals surface area contributed by atoms with E-state index in [1.54, 1.807) is 18.5 Å². The third-order valence-corrected chi connectivity index (χ3v) is 8.13. The lowest BCUT2D eigenvalue weighted by molar-refractivity contribution is 0.0930. The number of rotatable bonds is 8. The number of amides is 1. The number of aromatic nitrogens is 2. The number of hydrogen-bond donors (Lipinski definition) is 1. The van der Waals surface area contributed by atoms with E-state index in [0.29, 0.717) is 47.7 Å². The Kier molecular flexibility index (Phi) is 8.97. The van der Waals surface area contributed by atoms with Gasteiger partial charge in [-0.15, -0.1) is 0 Å². The fourth-order valence-corrected chi connectivity index (χ4v) is 6.09. The molecule has 1 unspecified atom stereocenters. The minimum atomic E-state index is -0.0912. The highest BCUT2D eigenvalue weighted by atomic mass is 35.5. The molecule has 2 saturated heterocycles. The monoisotopic (exact) mass is 560 g/mol. The maximum atomic E-state index is 12.8. The minimum Gasteiger partial charge on any atom is -0.462 e. The second kappa shape index (κ2) is 12.8. The fraction of sp³-hybridized carbons (Fsp3) is 0.419. The molecule has 9 heteroatoms. The van der Waals surface area contributed by atoms with E-state index in [-0.39, 0.29) is 11.9 Å². The molecule has 2 aliphatic heterocycles. The summed E-state index contributed by atoms with van der Waals surface area (Å²) in [5, 5.41) is 3.49. The molecule has 3 aromatic rings. The highest BCUT2D eigenvalue weighted by molar-refractivity contribution is 6.29. The molecule has 210 valence electrons. The quantitative estimate of drug-likeness (QED) is 0.367. The van der Waals surface area contributed by atoms with Crippen LogP contribution in [0.5, 0.6) is 0 Å². The van der Waals surface area contributed by atoms with Crippen molar-refractivity contribution in [1.82, 2.24) is 25.1 Å². The maximum Gasteiger partial charge on any atom is 0.293 e. The highest BCUT2D eigenvalue weighted by Gasteiger charge is 2.39. The second-order valence-corrected chi connectivity index (χ2v) is 11.0. The van der Waals surface area contributed by atoms with Crippen LogP contribution >= 0.6 is 11.6 Å². The standard InChI is InChI=1S/C31H37ClN6O2/c1-21-18-28(32)35-23(3)29(21)30(39)34-15-11-22(2)37-16-12-26(13-17-37)38-27(24-8-5-4-6-9-24)20-40-31(38)36-25-10-7-14-33-19-25/h4-10,14,18-19,22,26-27H,11-13,15-17,20H2,1-3H3,(H,34,39)/t22?,27-/m0/s1. The zero-order valence-electron chi connectivity index (χ0n) is 23.4. The van der Waals surface area contributed by atoms with Crippen LogP contribution in [0.1, 0.15) is 59.4 Å². The van der Waals surface area contributed by atoms with Gasteiger partial charge >= 0.3 is 0 Å². The van der Waals surface area contributed by atoms with Crippen LogP contribution < -0.4 is 5.32 Å². The summed E-state index contributed by atoms with van der Waals surface area (Å²) in [6, 6.07) is 17.6.